The summed E-state index contributed by atoms with van der Waals surface area (Å²) >= 11 is 1.82. The van der Waals surface area contributed by atoms with Crippen molar-refractivity contribution in [2.24, 2.45) is 4.99 Å². The normalized spacial score (nSPS) is 15.8. The molecule has 1 heterocycles. The fraction of sp³-hybridized carbons (Fsp3) is 0.556. The molecule has 0 unspecified atom stereocenters. The Morgan fingerprint density at radius 2 is 2.04 bits per heavy atom. The van der Waals surface area contributed by atoms with Crippen LogP contribution in [0.25, 0.3) is 0 Å². The predicted octanol–water partition coefficient (Wildman–Crippen LogP) is 2.56. The molecule has 1 amide bonds. The summed E-state index contributed by atoms with van der Waals surface area (Å²) in [6.07, 6.45) is 1.60. The molecule has 1 aliphatic heterocycles. The number of thioether (sulfide) groups is 1. The Morgan fingerprint density at radius 3 is 2.68 bits per heavy atom. The van der Waals surface area contributed by atoms with Gasteiger partial charge in [0.1, 0.15) is 0 Å². The van der Waals surface area contributed by atoms with Crippen molar-refractivity contribution in [3.63, 3.8) is 0 Å². The third-order valence-corrected chi connectivity index (χ3v) is 5.01. The maximum atomic E-state index is 11.7. The quantitative estimate of drug-likeness (QED) is 0.351. The monoisotopic (exact) mass is 364 g/mol. The van der Waals surface area contributed by atoms with Crippen molar-refractivity contribution in [1.82, 2.24) is 15.5 Å². The SMILES string of the molecule is CCOC(=O)N1CCC(NC(=NC)NCCSc2ccccc2)CC1. The Balaban J connectivity index is 1.64. The molecule has 1 aromatic rings. The minimum Gasteiger partial charge on any atom is -0.450 e. The van der Waals surface area contributed by atoms with Crippen molar-refractivity contribution in [3.05, 3.63) is 30.3 Å². The van der Waals surface area contributed by atoms with Gasteiger partial charge in [-0.25, -0.2) is 4.79 Å². The van der Waals surface area contributed by atoms with Gasteiger partial charge < -0.3 is 20.3 Å². The smallest absolute Gasteiger partial charge is 0.409 e. The van der Waals surface area contributed by atoms with Gasteiger partial charge in [0.15, 0.2) is 5.96 Å². The first-order valence-corrected chi connectivity index (χ1v) is 9.78. The van der Waals surface area contributed by atoms with Crippen molar-refractivity contribution in [3.8, 4) is 0 Å². The van der Waals surface area contributed by atoms with Crippen molar-refractivity contribution in [1.29, 1.82) is 0 Å². The molecule has 0 spiro atoms. The number of piperidine rings is 1. The van der Waals surface area contributed by atoms with E-state index in [4.69, 9.17) is 4.74 Å². The van der Waals surface area contributed by atoms with E-state index >= 15 is 0 Å². The van der Waals surface area contributed by atoms with E-state index in [1.54, 1.807) is 11.9 Å². The molecular weight excluding hydrogens is 336 g/mol. The Bertz CT molecular complexity index is 545. The maximum absolute atomic E-state index is 11.7. The molecule has 1 saturated heterocycles. The topological polar surface area (TPSA) is 66.0 Å². The van der Waals surface area contributed by atoms with Gasteiger partial charge >= 0.3 is 6.09 Å². The molecule has 0 saturated carbocycles. The molecule has 25 heavy (non-hydrogen) atoms. The van der Waals surface area contributed by atoms with Crippen LogP contribution in [-0.2, 0) is 4.74 Å². The zero-order valence-corrected chi connectivity index (χ0v) is 15.8. The van der Waals surface area contributed by atoms with E-state index < -0.39 is 0 Å². The van der Waals surface area contributed by atoms with Gasteiger partial charge in [0.2, 0.25) is 0 Å². The van der Waals surface area contributed by atoms with Crippen LogP contribution in [-0.4, -0.2) is 62.0 Å². The molecule has 2 rings (SSSR count). The van der Waals surface area contributed by atoms with E-state index in [1.807, 2.05) is 24.8 Å². The molecule has 0 radical (unpaired) electrons. The summed E-state index contributed by atoms with van der Waals surface area (Å²) < 4.78 is 5.05. The van der Waals surface area contributed by atoms with Crippen LogP contribution < -0.4 is 10.6 Å². The molecule has 0 bridgehead atoms. The molecular formula is C18H28N4O2S. The van der Waals surface area contributed by atoms with E-state index in [0.29, 0.717) is 12.6 Å². The van der Waals surface area contributed by atoms with E-state index in [9.17, 15) is 4.79 Å². The number of carbonyl (C=O) groups excluding carboxylic acids is 1. The first-order chi connectivity index (χ1) is 12.2. The summed E-state index contributed by atoms with van der Waals surface area (Å²) in [4.78, 5) is 19.1. The Labute approximate surface area is 154 Å². The second-order valence-corrected chi connectivity index (χ2v) is 6.93. The average Bonchev–Trinajstić information content (AvgIpc) is 2.65. The number of carbonyl (C=O) groups is 1. The lowest BCUT2D eigenvalue weighted by Crippen LogP contribution is -2.50. The van der Waals surface area contributed by atoms with Gasteiger partial charge in [-0.3, -0.25) is 4.99 Å². The van der Waals surface area contributed by atoms with Crippen LogP contribution in [0.1, 0.15) is 19.8 Å². The summed E-state index contributed by atoms with van der Waals surface area (Å²) in [7, 11) is 1.79. The Morgan fingerprint density at radius 1 is 1.32 bits per heavy atom. The Hall–Kier alpha value is -1.89. The fourth-order valence-electron chi connectivity index (χ4n) is 2.66. The summed E-state index contributed by atoms with van der Waals surface area (Å²) in [6, 6.07) is 10.7. The summed E-state index contributed by atoms with van der Waals surface area (Å²) in [5, 5.41) is 6.80. The van der Waals surface area contributed by atoms with Crippen LogP contribution in [0, 0.1) is 0 Å². The molecule has 0 atom stereocenters. The molecule has 2 N–H and O–H groups in total. The summed E-state index contributed by atoms with van der Waals surface area (Å²) in [5.41, 5.74) is 0. The number of nitrogens with one attached hydrogen (secondary N) is 2. The number of amides is 1. The summed E-state index contributed by atoms with van der Waals surface area (Å²) in [6.45, 7) is 4.54. The minimum atomic E-state index is -0.207. The largest absolute Gasteiger partial charge is 0.450 e. The van der Waals surface area contributed by atoms with Gasteiger partial charge in [-0.1, -0.05) is 18.2 Å². The number of aliphatic imine (C=N–C) groups is 1. The zero-order chi connectivity index (χ0) is 17.9. The van der Waals surface area contributed by atoms with Gasteiger partial charge in [0, 0.05) is 43.4 Å². The zero-order valence-electron chi connectivity index (χ0n) is 15.0. The van der Waals surface area contributed by atoms with E-state index in [-0.39, 0.29) is 6.09 Å². The fourth-order valence-corrected chi connectivity index (χ4v) is 3.45. The lowest BCUT2D eigenvalue weighted by Gasteiger charge is -2.32. The highest BCUT2D eigenvalue weighted by Crippen LogP contribution is 2.15. The van der Waals surface area contributed by atoms with Gasteiger partial charge in [-0.2, -0.15) is 0 Å². The highest BCUT2D eigenvalue weighted by atomic mass is 32.2. The Kier molecular flexibility index (Phi) is 8.45. The number of likely N-dealkylation sites (tertiary alicyclic amines) is 1. The third-order valence-electron chi connectivity index (χ3n) is 3.99. The molecule has 0 aromatic heterocycles. The standard InChI is InChI=1S/C18H28N4O2S/c1-3-24-18(23)22-12-9-15(10-13-22)21-17(19-2)20-11-14-25-16-7-5-4-6-8-16/h4-8,15H,3,9-14H2,1-2H3,(H2,19,20,21). The highest BCUT2D eigenvalue weighted by molar-refractivity contribution is 7.99. The van der Waals surface area contributed by atoms with Crippen LogP contribution in [0.5, 0.6) is 0 Å². The minimum absolute atomic E-state index is 0.207. The number of benzene rings is 1. The molecule has 138 valence electrons. The van der Waals surface area contributed by atoms with E-state index in [2.05, 4.69) is 39.9 Å². The number of guanidine groups is 1. The van der Waals surface area contributed by atoms with Crippen molar-refractivity contribution >= 4 is 23.8 Å². The van der Waals surface area contributed by atoms with E-state index in [1.165, 1.54) is 4.90 Å². The van der Waals surface area contributed by atoms with Gasteiger partial charge in [0.05, 0.1) is 6.61 Å². The number of ether oxygens (including phenoxy) is 1. The molecule has 1 aromatic carbocycles. The first-order valence-electron chi connectivity index (χ1n) is 8.79. The van der Waals surface area contributed by atoms with Crippen LogP contribution in [0.4, 0.5) is 4.79 Å². The van der Waals surface area contributed by atoms with Crippen LogP contribution in [0.15, 0.2) is 40.2 Å². The number of hydrogen-bond donors (Lipinski definition) is 2. The van der Waals surface area contributed by atoms with Crippen LogP contribution in [0.3, 0.4) is 0 Å². The van der Waals surface area contributed by atoms with Gasteiger partial charge in [-0.15, -0.1) is 11.8 Å². The van der Waals surface area contributed by atoms with Crippen LogP contribution >= 0.6 is 11.8 Å². The van der Waals surface area contributed by atoms with Gasteiger partial charge in [-0.05, 0) is 31.9 Å². The third kappa shape index (κ3) is 6.86. The number of hydrogen-bond acceptors (Lipinski definition) is 4. The highest BCUT2D eigenvalue weighted by Gasteiger charge is 2.23. The lowest BCUT2D eigenvalue weighted by atomic mass is 10.1. The molecule has 0 aliphatic carbocycles. The molecule has 6 nitrogen and oxygen atoms in total. The van der Waals surface area contributed by atoms with Crippen molar-refractivity contribution in [2.75, 3.05) is 39.0 Å². The van der Waals surface area contributed by atoms with Crippen molar-refractivity contribution in [2.45, 2.75) is 30.7 Å². The number of rotatable bonds is 6. The van der Waals surface area contributed by atoms with E-state index in [0.717, 1.165) is 44.2 Å². The maximum Gasteiger partial charge on any atom is 0.409 e. The lowest BCUT2D eigenvalue weighted by molar-refractivity contribution is 0.0963. The predicted molar refractivity (Wildman–Crippen MR) is 103 cm³/mol. The second-order valence-electron chi connectivity index (χ2n) is 5.77. The summed E-state index contributed by atoms with van der Waals surface area (Å²) in [5.74, 6) is 1.80. The average molecular weight is 365 g/mol. The number of nitrogens with zero attached hydrogens (tertiary/aromatic N) is 2. The second kappa shape index (κ2) is 10.9. The van der Waals surface area contributed by atoms with Gasteiger partial charge in [0.25, 0.3) is 0 Å². The molecule has 1 aliphatic rings. The molecule has 7 heteroatoms. The van der Waals surface area contributed by atoms with Crippen molar-refractivity contribution < 1.29 is 9.53 Å². The first kappa shape index (κ1) is 19.4. The van der Waals surface area contributed by atoms with Crippen LogP contribution in [0.2, 0.25) is 0 Å². The molecule has 1 fully saturated rings.